The predicted molar refractivity (Wildman–Crippen MR) is 57.8 cm³/mol. The van der Waals surface area contributed by atoms with E-state index in [-0.39, 0.29) is 0 Å². The summed E-state index contributed by atoms with van der Waals surface area (Å²) in [6.07, 6.45) is 3.38. The number of hydrogen-bond donors (Lipinski definition) is 1. The Balaban J connectivity index is 2.54. The number of aliphatic imine (C=N–C) groups is 1. The van der Waals surface area contributed by atoms with Crippen molar-refractivity contribution in [1.82, 2.24) is 0 Å². The van der Waals surface area contributed by atoms with E-state index in [1.54, 1.807) is 19.5 Å². The van der Waals surface area contributed by atoms with Gasteiger partial charge in [0.2, 0.25) is 5.90 Å². The van der Waals surface area contributed by atoms with Crippen LogP contribution in [0.1, 0.15) is 5.56 Å². The summed E-state index contributed by atoms with van der Waals surface area (Å²) in [5, 5.41) is 3.75. The van der Waals surface area contributed by atoms with Crippen molar-refractivity contribution in [1.29, 1.82) is 0 Å². The third-order valence-electron chi connectivity index (χ3n) is 1.91. The van der Waals surface area contributed by atoms with E-state index in [0.717, 1.165) is 11.3 Å². The third-order valence-corrected chi connectivity index (χ3v) is 2.15. The van der Waals surface area contributed by atoms with Crippen molar-refractivity contribution in [2.75, 3.05) is 12.4 Å². The van der Waals surface area contributed by atoms with Gasteiger partial charge in [-0.15, -0.1) is 0 Å². The fourth-order valence-corrected chi connectivity index (χ4v) is 1.46. The number of nitrogens with zero attached hydrogens (tertiary/aromatic N) is 1. The van der Waals surface area contributed by atoms with Crippen LogP contribution in [0.25, 0.3) is 0 Å². The smallest absolute Gasteiger partial charge is 0.222 e. The molecular formula is C10H9ClN2O. The molecule has 1 aromatic carbocycles. The van der Waals surface area contributed by atoms with Gasteiger partial charge in [-0.2, -0.15) is 0 Å². The molecule has 0 atom stereocenters. The molecule has 0 saturated heterocycles. The largest absolute Gasteiger partial charge is 0.481 e. The Morgan fingerprint density at radius 2 is 2.29 bits per heavy atom. The first-order valence-electron chi connectivity index (χ1n) is 4.14. The molecule has 72 valence electrons. The van der Waals surface area contributed by atoms with E-state index in [0.29, 0.717) is 10.9 Å². The van der Waals surface area contributed by atoms with E-state index in [2.05, 4.69) is 10.3 Å². The molecule has 0 fully saturated rings. The maximum atomic E-state index is 5.88. The van der Waals surface area contributed by atoms with Gasteiger partial charge in [-0.3, -0.25) is 0 Å². The van der Waals surface area contributed by atoms with Crippen molar-refractivity contribution in [3.8, 4) is 0 Å². The fraction of sp³-hybridized carbons (Fsp3) is 0.100. The molecule has 0 unspecified atom stereocenters. The molecule has 0 amide bonds. The van der Waals surface area contributed by atoms with Gasteiger partial charge in [0.1, 0.15) is 0 Å². The second-order valence-electron chi connectivity index (χ2n) is 2.79. The molecule has 4 heteroatoms. The highest BCUT2D eigenvalue weighted by atomic mass is 35.5. The van der Waals surface area contributed by atoms with Crippen LogP contribution in [0.5, 0.6) is 0 Å². The average molecular weight is 209 g/mol. The molecule has 2 rings (SSSR count). The lowest BCUT2D eigenvalue weighted by atomic mass is 10.2. The van der Waals surface area contributed by atoms with Crippen LogP contribution in [0.15, 0.2) is 35.6 Å². The number of hydrogen-bond acceptors (Lipinski definition) is 3. The SMILES string of the molecule is COC1=NC=CNc2cc(Cl)ccc21. The monoisotopic (exact) mass is 208 g/mol. The van der Waals surface area contributed by atoms with Crippen LogP contribution < -0.4 is 5.32 Å². The lowest BCUT2D eigenvalue weighted by Crippen LogP contribution is -2.04. The molecule has 1 aliphatic rings. The summed E-state index contributed by atoms with van der Waals surface area (Å²) in [5.74, 6) is 0.581. The van der Waals surface area contributed by atoms with Crippen LogP contribution >= 0.6 is 11.6 Å². The molecule has 0 spiro atoms. The van der Waals surface area contributed by atoms with E-state index in [9.17, 15) is 0 Å². The minimum absolute atomic E-state index is 0.581. The van der Waals surface area contributed by atoms with Crippen molar-refractivity contribution in [3.63, 3.8) is 0 Å². The zero-order valence-electron chi connectivity index (χ0n) is 7.62. The zero-order chi connectivity index (χ0) is 9.97. The van der Waals surface area contributed by atoms with E-state index in [1.807, 2.05) is 18.2 Å². The standard InChI is InChI=1S/C10H9ClN2O/c1-14-10-8-3-2-7(11)6-9(8)12-4-5-13-10/h2-6,12H,1H3. The van der Waals surface area contributed by atoms with Gasteiger partial charge in [-0.1, -0.05) is 11.6 Å². The topological polar surface area (TPSA) is 33.6 Å². The van der Waals surface area contributed by atoms with Gasteiger partial charge in [-0.25, -0.2) is 4.99 Å². The van der Waals surface area contributed by atoms with Crippen LogP contribution in [-0.2, 0) is 4.74 Å². The molecule has 0 bridgehead atoms. The van der Waals surface area contributed by atoms with Crippen LogP contribution in [0.3, 0.4) is 0 Å². The Hall–Kier alpha value is -1.48. The number of methoxy groups -OCH3 is 1. The molecule has 0 saturated carbocycles. The normalized spacial score (nSPS) is 13.7. The van der Waals surface area contributed by atoms with Gasteiger partial charge >= 0.3 is 0 Å². The van der Waals surface area contributed by atoms with Crippen molar-refractivity contribution in [2.24, 2.45) is 4.99 Å². The molecule has 14 heavy (non-hydrogen) atoms. The number of ether oxygens (including phenoxy) is 1. The highest BCUT2D eigenvalue weighted by Gasteiger charge is 2.10. The molecule has 0 aromatic heterocycles. The Kier molecular flexibility index (Phi) is 2.41. The van der Waals surface area contributed by atoms with Crippen LogP contribution in [0, 0.1) is 0 Å². The Bertz CT molecular complexity index is 413. The Morgan fingerprint density at radius 1 is 1.43 bits per heavy atom. The van der Waals surface area contributed by atoms with Crippen LogP contribution in [-0.4, -0.2) is 13.0 Å². The van der Waals surface area contributed by atoms with E-state index < -0.39 is 0 Å². The Morgan fingerprint density at radius 3 is 3.07 bits per heavy atom. The number of anilines is 1. The summed E-state index contributed by atoms with van der Waals surface area (Å²) in [7, 11) is 1.59. The quantitative estimate of drug-likeness (QED) is 0.711. The number of rotatable bonds is 0. The van der Waals surface area contributed by atoms with Gasteiger partial charge in [0.05, 0.1) is 18.4 Å². The molecule has 1 heterocycles. The van der Waals surface area contributed by atoms with E-state index in [4.69, 9.17) is 16.3 Å². The first-order chi connectivity index (χ1) is 6.81. The molecule has 1 aliphatic heterocycles. The van der Waals surface area contributed by atoms with Gasteiger partial charge in [0.15, 0.2) is 0 Å². The van der Waals surface area contributed by atoms with Gasteiger partial charge in [0.25, 0.3) is 0 Å². The second kappa shape index (κ2) is 3.72. The number of benzene rings is 1. The first kappa shape index (κ1) is 9.09. The predicted octanol–water partition coefficient (Wildman–Crippen LogP) is 2.63. The fourth-order valence-electron chi connectivity index (χ4n) is 1.29. The number of fused-ring (bicyclic) bond motifs is 1. The minimum Gasteiger partial charge on any atom is -0.481 e. The highest BCUT2D eigenvalue weighted by Crippen LogP contribution is 2.23. The summed E-state index contributed by atoms with van der Waals surface area (Å²) in [4.78, 5) is 4.12. The first-order valence-corrected chi connectivity index (χ1v) is 4.52. The summed E-state index contributed by atoms with van der Waals surface area (Å²) >= 11 is 5.88. The second-order valence-corrected chi connectivity index (χ2v) is 3.22. The van der Waals surface area contributed by atoms with Crippen molar-refractivity contribution >= 4 is 23.2 Å². The third kappa shape index (κ3) is 1.59. The molecule has 0 radical (unpaired) electrons. The minimum atomic E-state index is 0.581. The van der Waals surface area contributed by atoms with E-state index >= 15 is 0 Å². The highest BCUT2D eigenvalue weighted by molar-refractivity contribution is 6.31. The van der Waals surface area contributed by atoms with E-state index in [1.165, 1.54) is 0 Å². The molecular weight excluding hydrogens is 200 g/mol. The average Bonchev–Trinajstić information content (AvgIpc) is 2.38. The lowest BCUT2D eigenvalue weighted by molar-refractivity contribution is 0.405. The van der Waals surface area contributed by atoms with Crippen LogP contribution in [0.2, 0.25) is 5.02 Å². The van der Waals surface area contributed by atoms with Crippen molar-refractivity contribution in [2.45, 2.75) is 0 Å². The maximum absolute atomic E-state index is 5.88. The molecule has 3 nitrogen and oxygen atoms in total. The van der Waals surface area contributed by atoms with Crippen molar-refractivity contribution < 1.29 is 4.74 Å². The van der Waals surface area contributed by atoms with Gasteiger partial charge in [0, 0.05) is 17.4 Å². The van der Waals surface area contributed by atoms with Gasteiger partial charge in [-0.05, 0) is 18.2 Å². The molecule has 0 aliphatic carbocycles. The Labute approximate surface area is 87.1 Å². The van der Waals surface area contributed by atoms with Gasteiger partial charge < -0.3 is 10.1 Å². The summed E-state index contributed by atoms with van der Waals surface area (Å²) < 4.78 is 5.15. The maximum Gasteiger partial charge on any atom is 0.222 e. The molecule has 1 aromatic rings. The number of nitrogens with one attached hydrogen (secondary N) is 1. The zero-order valence-corrected chi connectivity index (χ0v) is 8.38. The van der Waals surface area contributed by atoms with Crippen molar-refractivity contribution in [3.05, 3.63) is 41.2 Å². The lowest BCUT2D eigenvalue weighted by Gasteiger charge is -2.08. The number of halogens is 1. The van der Waals surface area contributed by atoms with Crippen LogP contribution in [0.4, 0.5) is 5.69 Å². The summed E-state index contributed by atoms with van der Waals surface area (Å²) in [5.41, 5.74) is 1.80. The molecule has 1 N–H and O–H groups in total. The summed E-state index contributed by atoms with van der Waals surface area (Å²) in [6.45, 7) is 0. The summed E-state index contributed by atoms with van der Waals surface area (Å²) in [6, 6.07) is 5.52.